The Morgan fingerprint density at radius 2 is 1.94 bits per heavy atom. The second kappa shape index (κ2) is 4.65. The normalized spacial score (nSPS) is 17.4. The van der Waals surface area contributed by atoms with Crippen molar-refractivity contribution < 1.29 is 0 Å². The first-order valence-corrected chi connectivity index (χ1v) is 6.80. The highest BCUT2D eigenvalue weighted by molar-refractivity contribution is 5.86. The smallest absolute Gasteiger partial charge is 0.0482 e. The van der Waals surface area contributed by atoms with Gasteiger partial charge in [0, 0.05) is 36.4 Å². The quantitative estimate of drug-likeness (QED) is 0.823. The first-order chi connectivity index (χ1) is 8.74. The van der Waals surface area contributed by atoms with Gasteiger partial charge >= 0.3 is 0 Å². The molecule has 1 aliphatic rings. The average Bonchev–Trinajstić information content (AvgIpc) is 2.67. The summed E-state index contributed by atoms with van der Waals surface area (Å²) in [4.78, 5) is 2.56. The number of benzene rings is 1. The third-order valence-corrected chi connectivity index (χ3v) is 3.94. The number of nitrogens with zero attached hydrogens (tertiary/aromatic N) is 2. The van der Waals surface area contributed by atoms with E-state index in [1.165, 1.54) is 48.8 Å². The molecule has 0 atom stereocenters. The molecule has 0 unspecified atom stereocenters. The van der Waals surface area contributed by atoms with Crippen LogP contribution in [0, 0.1) is 0 Å². The lowest BCUT2D eigenvalue weighted by Crippen LogP contribution is -2.28. The minimum Gasteiger partial charge on any atom is -0.399 e. The lowest BCUT2D eigenvalue weighted by atomic mass is 10.1. The van der Waals surface area contributed by atoms with Gasteiger partial charge in [0.2, 0.25) is 0 Å². The first-order valence-electron chi connectivity index (χ1n) is 6.80. The Hall–Kier alpha value is -1.48. The zero-order valence-electron chi connectivity index (χ0n) is 11.0. The SMILES string of the molecule is Cn1cc(CN2CCCCC2)c2cc(N)ccc21. The van der Waals surface area contributed by atoms with Crippen LogP contribution >= 0.6 is 0 Å². The summed E-state index contributed by atoms with van der Waals surface area (Å²) in [5, 5.41) is 1.31. The number of aromatic nitrogens is 1. The number of nitrogen functional groups attached to an aromatic ring is 1. The lowest BCUT2D eigenvalue weighted by Gasteiger charge is -2.26. The van der Waals surface area contributed by atoms with E-state index in [4.69, 9.17) is 5.73 Å². The molecule has 0 amide bonds. The van der Waals surface area contributed by atoms with Crippen LogP contribution in [0.4, 0.5) is 5.69 Å². The fraction of sp³-hybridized carbons (Fsp3) is 0.467. The van der Waals surface area contributed by atoms with Crippen molar-refractivity contribution in [3.8, 4) is 0 Å². The van der Waals surface area contributed by atoms with Crippen LogP contribution in [-0.2, 0) is 13.6 Å². The molecule has 2 N–H and O–H groups in total. The van der Waals surface area contributed by atoms with E-state index in [1.54, 1.807) is 0 Å². The molecule has 0 spiro atoms. The Morgan fingerprint density at radius 3 is 2.72 bits per heavy atom. The highest BCUT2D eigenvalue weighted by Crippen LogP contribution is 2.25. The Labute approximate surface area is 108 Å². The molecular weight excluding hydrogens is 222 g/mol. The molecule has 0 saturated carbocycles. The topological polar surface area (TPSA) is 34.2 Å². The van der Waals surface area contributed by atoms with E-state index < -0.39 is 0 Å². The highest BCUT2D eigenvalue weighted by Gasteiger charge is 2.13. The van der Waals surface area contributed by atoms with Gasteiger partial charge in [-0.1, -0.05) is 6.42 Å². The van der Waals surface area contributed by atoms with Crippen molar-refractivity contribution in [2.75, 3.05) is 18.8 Å². The van der Waals surface area contributed by atoms with Crippen molar-refractivity contribution in [3.63, 3.8) is 0 Å². The zero-order chi connectivity index (χ0) is 12.5. The zero-order valence-corrected chi connectivity index (χ0v) is 11.0. The molecule has 18 heavy (non-hydrogen) atoms. The molecule has 1 aromatic carbocycles. The van der Waals surface area contributed by atoms with Crippen LogP contribution in [0.1, 0.15) is 24.8 Å². The van der Waals surface area contributed by atoms with E-state index in [2.05, 4.69) is 34.8 Å². The molecule has 1 aromatic heterocycles. The van der Waals surface area contributed by atoms with E-state index in [-0.39, 0.29) is 0 Å². The fourth-order valence-corrected chi connectivity index (χ4v) is 2.98. The maximum Gasteiger partial charge on any atom is 0.0482 e. The van der Waals surface area contributed by atoms with Crippen molar-refractivity contribution >= 4 is 16.6 Å². The summed E-state index contributed by atoms with van der Waals surface area (Å²) < 4.78 is 2.20. The van der Waals surface area contributed by atoms with Gasteiger partial charge in [0.25, 0.3) is 0 Å². The number of aryl methyl sites for hydroxylation is 1. The van der Waals surface area contributed by atoms with Gasteiger partial charge in [-0.2, -0.15) is 0 Å². The number of anilines is 1. The Kier molecular flexibility index (Phi) is 3.00. The summed E-state index contributed by atoms with van der Waals surface area (Å²) in [6.07, 6.45) is 6.32. The van der Waals surface area contributed by atoms with Crippen LogP contribution in [0.15, 0.2) is 24.4 Å². The van der Waals surface area contributed by atoms with Gasteiger partial charge in [-0.05, 0) is 49.7 Å². The van der Waals surface area contributed by atoms with Gasteiger partial charge in [-0.15, -0.1) is 0 Å². The van der Waals surface area contributed by atoms with E-state index in [0.717, 1.165) is 12.2 Å². The molecule has 0 radical (unpaired) electrons. The molecule has 0 aliphatic carbocycles. The molecule has 3 heteroatoms. The second-order valence-corrected chi connectivity index (χ2v) is 5.38. The number of fused-ring (bicyclic) bond motifs is 1. The minimum absolute atomic E-state index is 0.855. The lowest BCUT2D eigenvalue weighted by molar-refractivity contribution is 0.221. The Bertz CT molecular complexity index is 550. The van der Waals surface area contributed by atoms with Gasteiger partial charge in [0.15, 0.2) is 0 Å². The summed E-state index contributed by atoms with van der Waals surface area (Å²) in [5.41, 5.74) is 9.45. The monoisotopic (exact) mass is 243 g/mol. The van der Waals surface area contributed by atoms with Crippen LogP contribution in [-0.4, -0.2) is 22.6 Å². The molecule has 2 heterocycles. The number of hydrogen-bond acceptors (Lipinski definition) is 2. The first kappa shape index (κ1) is 11.6. The second-order valence-electron chi connectivity index (χ2n) is 5.38. The molecule has 3 nitrogen and oxygen atoms in total. The standard InChI is InChI=1S/C15H21N3/c1-17-10-12(11-18-7-3-2-4-8-18)14-9-13(16)5-6-15(14)17/h5-6,9-10H,2-4,7-8,11,16H2,1H3. The summed E-state index contributed by atoms with van der Waals surface area (Å²) >= 11 is 0. The molecule has 96 valence electrons. The molecule has 1 aliphatic heterocycles. The van der Waals surface area contributed by atoms with Crippen molar-refractivity contribution in [2.45, 2.75) is 25.8 Å². The van der Waals surface area contributed by atoms with Crippen LogP contribution in [0.5, 0.6) is 0 Å². The third kappa shape index (κ3) is 2.10. The van der Waals surface area contributed by atoms with Crippen molar-refractivity contribution in [1.29, 1.82) is 0 Å². The van der Waals surface area contributed by atoms with E-state index in [1.807, 2.05) is 6.07 Å². The number of piperidine rings is 1. The fourth-order valence-electron chi connectivity index (χ4n) is 2.98. The van der Waals surface area contributed by atoms with Crippen molar-refractivity contribution in [1.82, 2.24) is 9.47 Å². The maximum absolute atomic E-state index is 5.91. The summed E-state index contributed by atoms with van der Waals surface area (Å²) in [7, 11) is 2.11. The van der Waals surface area contributed by atoms with Crippen LogP contribution in [0.2, 0.25) is 0 Å². The average molecular weight is 243 g/mol. The van der Waals surface area contributed by atoms with E-state index in [9.17, 15) is 0 Å². The van der Waals surface area contributed by atoms with E-state index in [0.29, 0.717) is 0 Å². The molecule has 0 bridgehead atoms. The number of nitrogens with two attached hydrogens (primary N) is 1. The largest absolute Gasteiger partial charge is 0.399 e. The summed E-state index contributed by atoms with van der Waals surface area (Å²) in [5.74, 6) is 0. The summed E-state index contributed by atoms with van der Waals surface area (Å²) in [6.45, 7) is 3.53. The van der Waals surface area contributed by atoms with Crippen LogP contribution in [0.25, 0.3) is 10.9 Å². The van der Waals surface area contributed by atoms with Gasteiger partial charge in [0.1, 0.15) is 0 Å². The van der Waals surface area contributed by atoms with Crippen LogP contribution in [0.3, 0.4) is 0 Å². The van der Waals surface area contributed by atoms with Crippen LogP contribution < -0.4 is 5.73 Å². The molecular formula is C15H21N3. The molecule has 3 rings (SSSR count). The number of likely N-dealkylation sites (tertiary alicyclic amines) is 1. The maximum atomic E-state index is 5.91. The van der Waals surface area contributed by atoms with Gasteiger partial charge in [0.05, 0.1) is 0 Å². The van der Waals surface area contributed by atoms with Gasteiger partial charge < -0.3 is 10.3 Å². The molecule has 2 aromatic rings. The predicted molar refractivity (Wildman–Crippen MR) is 76.5 cm³/mol. The number of hydrogen-bond donors (Lipinski definition) is 1. The number of rotatable bonds is 2. The van der Waals surface area contributed by atoms with E-state index >= 15 is 0 Å². The molecule has 1 saturated heterocycles. The predicted octanol–water partition coefficient (Wildman–Crippen LogP) is 2.75. The van der Waals surface area contributed by atoms with Gasteiger partial charge in [-0.3, -0.25) is 4.90 Å². The Balaban J connectivity index is 1.93. The summed E-state index contributed by atoms with van der Waals surface area (Å²) in [6, 6.07) is 6.20. The molecule has 1 fully saturated rings. The van der Waals surface area contributed by atoms with Gasteiger partial charge in [-0.25, -0.2) is 0 Å². The Morgan fingerprint density at radius 1 is 1.17 bits per heavy atom. The third-order valence-electron chi connectivity index (χ3n) is 3.94. The minimum atomic E-state index is 0.855. The highest BCUT2D eigenvalue weighted by atomic mass is 15.1. The van der Waals surface area contributed by atoms with Crippen molar-refractivity contribution in [3.05, 3.63) is 30.0 Å². The van der Waals surface area contributed by atoms with Crippen molar-refractivity contribution in [2.24, 2.45) is 7.05 Å².